The molecule has 98 valence electrons. The van der Waals surface area contributed by atoms with Crippen molar-refractivity contribution in [3.05, 3.63) is 34.6 Å². The lowest BCUT2D eigenvalue weighted by molar-refractivity contribution is 0.101. The Kier molecular flexibility index (Phi) is 2.94. The van der Waals surface area contributed by atoms with Crippen molar-refractivity contribution in [3.8, 4) is 0 Å². The molecule has 0 spiro atoms. The average molecular weight is 278 g/mol. The van der Waals surface area contributed by atoms with Crippen molar-refractivity contribution in [1.29, 1.82) is 0 Å². The van der Waals surface area contributed by atoms with Gasteiger partial charge < -0.3 is 5.32 Å². The first kappa shape index (κ1) is 12.1. The highest BCUT2D eigenvalue weighted by atomic mass is 35.5. The zero-order valence-electron chi connectivity index (χ0n) is 10.3. The van der Waals surface area contributed by atoms with Gasteiger partial charge in [0.05, 0.1) is 5.69 Å². The number of hydrogen-bond donors (Lipinski definition) is 2. The molecule has 0 aliphatic heterocycles. The van der Waals surface area contributed by atoms with E-state index in [0.717, 1.165) is 24.2 Å². The van der Waals surface area contributed by atoms with Gasteiger partial charge in [0.1, 0.15) is 5.82 Å². The summed E-state index contributed by atoms with van der Waals surface area (Å²) < 4.78 is 0. The molecule has 1 amide bonds. The number of carbonyl (C=O) groups is 1. The molecule has 1 aliphatic rings. The molecule has 0 aromatic carbocycles. The molecule has 2 heterocycles. The summed E-state index contributed by atoms with van der Waals surface area (Å²) in [4.78, 5) is 20.1. The number of carbonyl (C=O) groups excluding carboxylic acids is 1. The fourth-order valence-electron chi connectivity index (χ4n) is 1.73. The third-order valence-electron chi connectivity index (χ3n) is 2.89. The van der Waals surface area contributed by atoms with E-state index in [0.29, 0.717) is 11.6 Å². The lowest BCUT2D eigenvalue weighted by atomic mass is 10.3. The molecule has 7 heteroatoms. The van der Waals surface area contributed by atoms with Crippen LogP contribution in [0.1, 0.15) is 40.8 Å². The van der Waals surface area contributed by atoms with Crippen LogP contribution in [0.25, 0.3) is 0 Å². The topological polar surface area (TPSA) is 83.6 Å². The van der Waals surface area contributed by atoms with Crippen molar-refractivity contribution >= 4 is 23.2 Å². The van der Waals surface area contributed by atoms with Gasteiger partial charge in [-0.2, -0.15) is 0 Å². The van der Waals surface area contributed by atoms with E-state index in [4.69, 9.17) is 11.6 Å². The molecular weight excluding hydrogens is 266 g/mol. The number of pyridine rings is 1. The smallest absolute Gasteiger partial charge is 0.295 e. The summed E-state index contributed by atoms with van der Waals surface area (Å²) in [6, 6.07) is 1.75. The number of aromatic nitrogens is 4. The first-order valence-electron chi connectivity index (χ1n) is 5.99. The van der Waals surface area contributed by atoms with Crippen molar-refractivity contribution < 1.29 is 4.79 Å². The monoisotopic (exact) mass is 277 g/mol. The molecule has 1 aliphatic carbocycles. The Morgan fingerprint density at radius 1 is 1.53 bits per heavy atom. The van der Waals surface area contributed by atoms with Gasteiger partial charge in [0.15, 0.2) is 5.15 Å². The number of halogens is 1. The van der Waals surface area contributed by atoms with E-state index < -0.39 is 5.91 Å². The second-order valence-electron chi connectivity index (χ2n) is 4.62. The van der Waals surface area contributed by atoms with Crippen molar-refractivity contribution in [3.63, 3.8) is 0 Å². The summed E-state index contributed by atoms with van der Waals surface area (Å²) >= 11 is 5.92. The summed E-state index contributed by atoms with van der Waals surface area (Å²) in [5.41, 5.74) is 1.37. The van der Waals surface area contributed by atoms with Crippen LogP contribution < -0.4 is 5.32 Å². The van der Waals surface area contributed by atoms with Crippen LogP contribution >= 0.6 is 11.6 Å². The van der Waals surface area contributed by atoms with Gasteiger partial charge in [0, 0.05) is 12.1 Å². The van der Waals surface area contributed by atoms with Crippen LogP contribution in [0.4, 0.5) is 5.69 Å². The first-order valence-corrected chi connectivity index (χ1v) is 6.37. The summed E-state index contributed by atoms with van der Waals surface area (Å²) in [5.74, 6) is 0.939. The van der Waals surface area contributed by atoms with Gasteiger partial charge in [-0.15, -0.1) is 5.10 Å². The van der Waals surface area contributed by atoms with Crippen molar-refractivity contribution in [2.75, 3.05) is 5.32 Å². The van der Waals surface area contributed by atoms with Gasteiger partial charge >= 0.3 is 0 Å². The van der Waals surface area contributed by atoms with E-state index >= 15 is 0 Å². The molecule has 1 fully saturated rings. The fourth-order valence-corrected chi connectivity index (χ4v) is 1.88. The van der Waals surface area contributed by atoms with Gasteiger partial charge in [0.25, 0.3) is 5.91 Å². The Hall–Kier alpha value is -1.95. The van der Waals surface area contributed by atoms with Gasteiger partial charge in [-0.1, -0.05) is 11.6 Å². The second kappa shape index (κ2) is 4.62. The number of rotatable bonds is 3. The lowest BCUT2D eigenvalue weighted by Gasteiger charge is -2.05. The average Bonchev–Trinajstić information content (AvgIpc) is 3.11. The van der Waals surface area contributed by atoms with Gasteiger partial charge in [-0.05, 0) is 31.4 Å². The minimum absolute atomic E-state index is 0.125. The highest BCUT2D eigenvalue weighted by Gasteiger charge is 2.28. The summed E-state index contributed by atoms with van der Waals surface area (Å²) in [5, 5.41) is 9.61. The predicted octanol–water partition coefficient (Wildman–Crippen LogP) is 2.29. The number of hydrogen-bond acceptors (Lipinski definition) is 4. The molecule has 0 unspecified atom stereocenters. The van der Waals surface area contributed by atoms with E-state index in [1.807, 2.05) is 6.92 Å². The van der Waals surface area contributed by atoms with E-state index in [1.54, 1.807) is 12.3 Å². The molecule has 0 bridgehead atoms. The number of nitrogens with zero attached hydrogens (tertiary/aromatic N) is 3. The van der Waals surface area contributed by atoms with E-state index in [2.05, 4.69) is 25.5 Å². The molecule has 0 radical (unpaired) electrons. The number of H-pyrrole nitrogens is 1. The van der Waals surface area contributed by atoms with Crippen LogP contribution in [-0.2, 0) is 0 Å². The van der Waals surface area contributed by atoms with E-state index in [1.165, 1.54) is 0 Å². The van der Waals surface area contributed by atoms with Crippen molar-refractivity contribution in [2.45, 2.75) is 25.7 Å². The second-order valence-corrected chi connectivity index (χ2v) is 4.98. The molecule has 1 saturated carbocycles. The maximum atomic E-state index is 12.0. The molecule has 19 heavy (non-hydrogen) atoms. The zero-order valence-corrected chi connectivity index (χ0v) is 11.0. The number of anilines is 1. The quantitative estimate of drug-likeness (QED) is 0.843. The number of amides is 1. The Balaban J connectivity index is 1.77. The summed E-state index contributed by atoms with van der Waals surface area (Å²) in [7, 11) is 0. The van der Waals surface area contributed by atoms with Gasteiger partial charge in [-0.3, -0.25) is 9.89 Å². The van der Waals surface area contributed by atoms with Crippen LogP contribution in [0.2, 0.25) is 5.15 Å². The number of nitrogens with one attached hydrogen (secondary N) is 2. The molecule has 6 nitrogen and oxygen atoms in total. The molecule has 2 aromatic rings. The number of aromatic amines is 1. The Bertz CT molecular complexity index is 635. The zero-order chi connectivity index (χ0) is 13.4. The molecule has 2 aromatic heterocycles. The summed E-state index contributed by atoms with van der Waals surface area (Å²) in [6.45, 7) is 1.87. The van der Waals surface area contributed by atoms with Crippen LogP contribution in [0, 0.1) is 6.92 Å². The Morgan fingerprint density at radius 2 is 2.32 bits per heavy atom. The standard InChI is InChI=1S/C12H12ClN5O/c1-6-4-8(9(13)14-5-6)15-12(19)11-16-10(17-18-11)7-2-3-7/h4-5,7H,2-3H2,1H3,(H,15,19)(H,16,17,18). The van der Waals surface area contributed by atoms with E-state index in [9.17, 15) is 4.79 Å². The molecule has 0 saturated heterocycles. The van der Waals surface area contributed by atoms with Crippen LogP contribution in [0.15, 0.2) is 12.3 Å². The highest BCUT2D eigenvalue weighted by molar-refractivity contribution is 6.32. The molecular formula is C12H12ClN5O. The van der Waals surface area contributed by atoms with Crippen LogP contribution in [0.5, 0.6) is 0 Å². The minimum atomic E-state index is -0.391. The fraction of sp³-hybridized carbons (Fsp3) is 0.333. The highest BCUT2D eigenvalue weighted by Crippen LogP contribution is 2.37. The first-order chi connectivity index (χ1) is 9.13. The minimum Gasteiger partial charge on any atom is -0.317 e. The van der Waals surface area contributed by atoms with Crippen LogP contribution in [0.3, 0.4) is 0 Å². The van der Waals surface area contributed by atoms with Crippen molar-refractivity contribution in [1.82, 2.24) is 20.2 Å². The normalized spacial score (nSPS) is 14.4. The predicted molar refractivity (Wildman–Crippen MR) is 70.3 cm³/mol. The van der Waals surface area contributed by atoms with Crippen molar-refractivity contribution in [2.24, 2.45) is 0 Å². The SMILES string of the molecule is Cc1cnc(Cl)c(NC(=O)c2n[nH]c(C3CC3)n2)c1. The Morgan fingerprint density at radius 3 is 3.05 bits per heavy atom. The molecule has 0 atom stereocenters. The largest absolute Gasteiger partial charge is 0.317 e. The maximum absolute atomic E-state index is 12.0. The lowest BCUT2D eigenvalue weighted by Crippen LogP contribution is -2.14. The van der Waals surface area contributed by atoms with Gasteiger partial charge in [-0.25, -0.2) is 9.97 Å². The third kappa shape index (κ3) is 2.58. The van der Waals surface area contributed by atoms with Crippen LogP contribution in [-0.4, -0.2) is 26.1 Å². The molecule has 3 rings (SSSR count). The number of aryl methyl sites for hydroxylation is 1. The molecule has 2 N–H and O–H groups in total. The summed E-state index contributed by atoms with van der Waals surface area (Å²) in [6.07, 6.45) is 3.84. The maximum Gasteiger partial charge on any atom is 0.295 e. The third-order valence-corrected chi connectivity index (χ3v) is 3.20. The Labute approximate surface area is 114 Å². The van der Waals surface area contributed by atoms with E-state index in [-0.39, 0.29) is 11.0 Å². The van der Waals surface area contributed by atoms with Gasteiger partial charge in [0.2, 0.25) is 5.82 Å².